The Morgan fingerprint density at radius 2 is 1.94 bits per heavy atom. The Morgan fingerprint density at radius 3 is 2.44 bits per heavy atom. The molecule has 3 nitrogen and oxygen atoms in total. The van der Waals surface area contributed by atoms with E-state index in [4.69, 9.17) is 4.74 Å². The second-order valence-corrected chi connectivity index (χ2v) is 6.39. The fourth-order valence-electron chi connectivity index (χ4n) is 2.95. The number of hydrogen-bond acceptors (Lipinski definition) is 3. The van der Waals surface area contributed by atoms with Crippen LogP contribution in [0.3, 0.4) is 0 Å². The van der Waals surface area contributed by atoms with Crippen LogP contribution >= 0.6 is 0 Å². The van der Waals surface area contributed by atoms with Gasteiger partial charge in [-0.05, 0) is 79.1 Å². The highest BCUT2D eigenvalue weighted by Crippen LogP contribution is 2.25. The molecule has 1 unspecified atom stereocenters. The van der Waals surface area contributed by atoms with Crippen molar-refractivity contribution in [1.82, 2.24) is 10.2 Å². The van der Waals surface area contributed by atoms with Crippen LogP contribution in [0.5, 0.6) is 0 Å². The summed E-state index contributed by atoms with van der Waals surface area (Å²) in [6, 6.07) is 0.630. The summed E-state index contributed by atoms with van der Waals surface area (Å²) in [6.07, 6.45) is 5.17. The second-order valence-electron chi connectivity index (χ2n) is 6.39. The molecule has 3 heteroatoms. The van der Waals surface area contributed by atoms with Gasteiger partial charge in [-0.25, -0.2) is 0 Å². The Hall–Kier alpha value is -0.120. The molecule has 1 atom stereocenters. The van der Waals surface area contributed by atoms with Crippen molar-refractivity contribution in [2.75, 3.05) is 33.8 Å². The number of piperidine rings is 1. The Morgan fingerprint density at radius 1 is 1.33 bits per heavy atom. The molecule has 1 aliphatic rings. The fourth-order valence-corrected chi connectivity index (χ4v) is 2.95. The van der Waals surface area contributed by atoms with Gasteiger partial charge in [0.15, 0.2) is 0 Å². The molecular formula is C15H32N2O. The molecule has 0 aromatic heterocycles. The van der Waals surface area contributed by atoms with Crippen molar-refractivity contribution in [3.05, 3.63) is 0 Å². The minimum atomic E-state index is 0.00238. The van der Waals surface area contributed by atoms with Gasteiger partial charge in [0.05, 0.1) is 5.60 Å². The molecule has 0 radical (unpaired) electrons. The van der Waals surface area contributed by atoms with E-state index in [9.17, 15) is 0 Å². The maximum atomic E-state index is 5.54. The standard InChI is InChI=1S/C15H32N2O/c1-13(12-15(2,3)18-5)17-10-7-14(8-11-17)6-9-16-4/h13-14,16H,6-12H2,1-5H3. The van der Waals surface area contributed by atoms with Crippen molar-refractivity contribution < 1.29 is 4.74 Å². The van der Waals surface area contributed by atoms with Crippen molar-refractivity contribution in [3.63, 3.8) is 0 Å². The van der Waals surface area contributed by atoms with Gasteiger partial charge in [-0.2, -0.15) is 0 Å². The predicted octanol–water partition coefficient (Wildman–Crippen LogP) is 2.51. The Balaban J connectivity index is 2.29. The van der Waals surface area contributed by atoms with Gasteiger partial charge in [0.1, 0.15) is 0 Å². The van der Waals surface area contributed by atoms with Crippen LogP contribution in [-0.2, 0) is 4.74 Å². The van der Waals surface area contributed by atoms with Crippen LogP contribution in [0.2, 0.25) is 0 Å². The summed E-state index contributed by atoms with van der Waals surface area (Å²) in [5, 5.41) is 3.26. The zero-order valence-corrected chi connectivity index (χ0v) is 13.0. The van der Waals surface area contributed by atoms with Gasteiger partial charge in [-0.15, -0.1) is 0 Å². The summed E-state index contributed by atoms with van der Waals surface area (Å²) in [6.45, 7) is 10.4. The van der Waals surface area contributed by atoms with Crippen LogP contribution in [0.25, 0.3) is 0 Å². The smallest absolute Gasteiger partial charge is 0.0637 e. The summed E-state index contributed by atoms with van der Waals surface area (Å²) in [5.74, 6) is 0.927. The first-order valence-corrected chi connectivity index (χ1v) is 7.42. The third-order valence-corrected chi connectivity index (χ3v) is 4.41. The average Bonchev–Trinajstić information content (AvgIpc) is 2.36. The van der Waals surface area contributed by atoms with Gasteiger partial charge >= 0.3 is 0 Å². The van der Waals surface area contributed by atoms with Gasteiger partial charge in [-0.3, -0.25) is 0 Å². The first-order valence-electron chi connectivity index (χ1n) is 7.42. The lowest BCUT2D eigenvalue weighted by molar-refractivity contribution is -0.0106. The number of methoxy groups -OCH3 is 1. The SMILES string of the molecule is CNCCC1CCN(C(C)CC(C)(C)OC)CC1. The van der Waals surface area contributed by atoms with Crippen LogP contribution in [0.15, 0.2) is 0 Å². The van der Waals surface area contributed by atoms with Crippen molar-refractivity contribution in [2.24, 2.45) is 5.92 Å². The lowest BCUT2D eigenvalue weighted by atomic mass is 9.91. The van der Waals surface area contributed by atoms with E-state index in [2.05, 4.69) is 31.0 Å². The number of rotatable bonds is 7. The molecule has 108 valence electrons. The molecule has 0 aromatic carbocycles. The lowest BCUT2D eigenvalue weighted by Gasteiger charge is -2.39. The van der Waals surface area contributed by atoms with Gasteiger partial charge in [0, 0.05) is 13.2 Å². The topological polar surface area (TPSA) is 24.5 Å². The lowest BCUT2D eigenvalue weighted by Crippen LogP contribution is -2.43. The maximum absolute atomic E-state index is 5.54. The van der Waals surface area contributed by atoms with Crippen molar-refractivity contribution in [2.45, 2.75) is 58.1 Å². The van der Waals surface area contributed by atoms with Crippen LogP contribution in [0.1, 0.15) is 46.5 Å². The molecule has 0 aliphatic carbocycles. The molecule has 0 spiro atoms. The Kier molecular flexibility index (Phi) is 6.61. The van der Waals surface area contributed by atoms with Crippen molar-refractivity contribution >= 4 is 0 Å². The second kappa shape index (κ2) is 7.46. The third-order valence-electron chi connectivity index (χ3n) is 4.41. The van der Waals surface area contributed by atoms with E-state index in [-0.39, 0.29) is 5.60 Å². The van der Waals surface area contributed by atoms with Gasteiger partial charge in [-0.1, -0.05) is 0 Å². The number of ether oxygens (including phenoxy) is 1. The molecule has 1 fully saturated rings. The Labute approximate surface area is 113 Å². The monoisotopic (exact) mass is 256 g/mol. The van der Waals surface area contributed by atoms with E-state index in [1.165, 1.54) is 32.4 Å². The summed E-state index contributed by atoms with van der Waals surface area (Å²) < 4.78 is 5.54. The third kappa shape index (κ3) is 5.25. The molecular weight excluding hydrogens is 224 g/mol. The van der Waals surface area contributed by atoms with Crippen molar-refractivity contribution in [1.29, 1.82) is 0 Å². The van der Waals surface area contributed by atoms with E-state index in [1.54, 1.807) is 0 Å². The minimum absolute atomic E-state index is 0.00238. The Bertz CT molecular complexity index is 223. The van der Waals surface area contributed by atoms with Crippen molar-refractivity contribution in [3.8, 4) is 0 Å². The van der Waals surface area contributed by atoms with E-state index in [1.807, 2.05) is 14.2 Å². The molecule has 1 N–H and O–H groups in total. The van der Waals surface area contributed by atoms with E-state index in [0.29, 0.717) is 6.04 Å². The van der Waals surface area contributed by atoms with Gasteiger partial charge in [0.25, 0.3) is 0 Å². The zero-order chi connectivity index (χ0) is 13.6. The maximum Gasteiger partial charge on any atom is 0.0637 e. The number of nitrogens with one attached hydrogen (secondary N) is 1. The minimum Gasteiger partial charge on any atom is -0.379 e. The first kappa shape index (κ1) is 15.9. The average molecular weight is 256 g/mol. The van der Waals surface area contributed by atoms with E-state index < -0.39 is 0 Å². The highest BCUT2D eigenvalue weighted by molar-refractivity contribution is 4.81. The highest BCUT2D eigenvalue weighted by atomic mass is 16.5. The fraction of sp³-hybridized carbons (Fsp3) is 1.00. The summed E-state index contributed by atoms with van der Waals surface area (Å²) in [5.41, 5.74) is 0.00238. The first-order chi connectivity index (χ1) is 8.48. The molecule has 0 saturated carbocycles. The molecule has 1 heterocycles. The molecule has 1 rings (SSSR count). The molecule has 1 saturated heterocycles. The van der Waals surface area contributed by atoms with E-state index in [0.717, 1.165) is 18.9 Å². The van der Waals surface area contributed by atoms with E-state index >= 15 is 0 Å². The summed E-state index contributed by atoms with van der Waals surface area (Å²) in [4.78, 5) is 2.64. The summed E-state index contributed by atoms with van der Waals surface area (Å²) in [7, 11) is 3.86. The number of likely N-dealkylation sites (tertiary alicyclic amines) is 1. The quantitative estimate of drug-likeness (QED) is 0.757. The van der Waals surface area contributed by atoms with Crippen LogP contribution in [-0.4, -0.2) is 50.3 Å². The molecule has 0 aromatic rings. The number of hydrogen-bond donors (Lipinski definition) is 1. The predicted molar refractivity (Wildman–Crippen MR) is 78.0 cm³/mol. The van der Waals surface area contributed by atoms with Gasteiger partial charge in [0.2, 0.25) is 0 Å². The molecule has 1 aliphatic heterocycles. The number of nitrogens with zero attached hydrogens (tertiary/aromatic N) is 1. The largest absolute Gasteiger partial charge is 0.379 e. The van der Waals surface area contributed by atoms with Gasteiger partial charge < -0.3 is 15.0 Å². The zero-order valence-electron chi connectivity index (χ0n) is 13.0. The molecule has 0 bridgehead atoms. The molecule has 0 amide bonds. The highest BCUT2D eigenvalue weighted by Gasteiger charge is 2.27. The van der Waals surface area contributed by atoms with Crippen LogP contribution in [0.4, 0.5) is 0 Å². The van der Waals surface area contributed by atoms with Crippen LogP contribution in [0, 0.1) is 5.92 Å². The normalized spacial score (nSPS) is 21.2. The van der Waals surface area contributed by atoms with Crippen LogP contribution < -0.4 is 5.32 Å². The molecule has 18 heavy (non-hydrogen) atoms. The summed E-state index contributed by atoms with van der Waals surface area (Å²) >= 11 is 0.